The molecule has 0 aromatic heterocycles. The summed E-state index contributed by atoms with van der Waals surface area (Å²) in [5.74, 6) is -1.49. The van der Waals surface area contributed by atoms with E-state index in [-0.39, 0.29) is 0 Å². The van der Waals surface area contributed by atoms with Crippen LogP contribution in [-0.4, -0.2) is 22.5 Å². The van der Waals surface area contributed by atoms with Gasteiger partial charge in [0.15, 0.2) is 0 Å². The number of rotatable bonds is 4. The van der Waals surface area contributed by atoms with Crippen LogP contribution in [0.1, 0.15) is 20.8 Å². The lowest BCUT2D eigenvalue weighted by atomic mass is 10.1. The lowest BCUT2D eigenvalue weighted by Crippen LogP contribution is -2.49. The van der Waals surface area contributed by atoms with Crippen LogP contribution < -0.4 is 5.32 Å². The first kappa shape index (κ1) is 12.4. The van der Waals surface area contributed by atoms with Gasteiger partial charge in [-0.05, 0) is 20.8 Å². The first-order valence-corrected chi connectivity index (χ1v) is 4.25. The summed E-state index contributed by atoms with van der Waals surface area (Å²) >= 11 is 0. The van der Waals surface area contributed by atoms with E-state index in [9.17, 15) is 9.59 Å². The number of allylic oxidation sites excluding steroid dienone is 3. The highest BCUT2D eigenvalue weighted by Gasteiger charge is 2.27. The van der Waals surface area contributed by atoms with E-state index in [1.54, 1.807) is 18.2 Å². The Bertz CT molecular complexity index is 277. The number of nitrogens with one attached hydrogen (secondary N) is 1. The zero-order valence-corrected chi connectivity index (χ0v) is 8.57. The van der Waals surface area contributed by atoms with Crippen molar-refractivity contribution in [1.29, 1.82) is 0 Å². The lowest BCUT2D eigenvalue weighted by molar-refractivity contribution is -0.145. The molecule has 0 aliphatic heterocycles. The molecular formula is C10H15NO3. The van der Waals surface area contributed by atoms with Crippen LogP contribution in [0.5, 0.6) is 0 Å². The van der Waals surface area contributed by atoms with Crippen molar-refractivity contribution in [2.24, 2.45) is 0 Å². The quantitative estimate of drug-likeness (QED) is 0.524. The Balaban J connectivity index is 4.26. The Labute approximate surface area is 83.3 Å². The SMILES string of the molecule is CC=CC=CC(=O)NC(C)(C)C(=O)O. The molecule has 0 saturated heterocycles. The molecule has 2 N–H and O–H groups in total. The zero-order valence-electron chi connectivity index (χ0n) is 8.57. The second-order valence-corrected chi connectivity index (χ2v) is 3.30. The fraction of sp³-hybridized carbons (Fsp3) is 0.400. The molecule has 0 aliphatic rings. The molecule has 0 fully saturated rings. The molecular weight excluding hydrogens is 182 g/mol. The largest absolute Gasteiger partial charge is 0.480 e. The summed E-state index contributed by atoms with van der Waals surface area (Å²) in [6, 6.07) is 0. The first-order chi connectivity index (χ1) is 6.40. The number of carboxylic acid groups (broad SMARTS) is 1. The standard InChI is InChI=1S/C10H15NO3/c1-4-5-6-7-8(12)11-10(2,3)9(13)14/h4-7H,1-3H3,(H,11,12)(H,13,14). The second-order valence-electron chi connectivity index (χ2n) is 3.30. The highest BCUT2D eigenvalue weighted by molar-refractivity contribution is 5.92. The molecule has 1 amide bonds. The minimum absolute atomic E-state index is 0.421. The molecule has 0 bridgehead atoms. The molecule has 0 aliphatic carbocycles. The number of amides is 1. The Morgan fingerprint density at radius 3 is 2.29 bits per heavy atom. The normalized spacial score (nSPS) is 12.2. The summed E-state index contributed by atoms with van der Waals surface area (Å²) < 4.78 is 0. The highest BCUT2D eigenvalue weighted by Crippen LogP contribution is 2.01. The number of hydrogen-bond acceptors (Lipinski definition) is 2. The molecule has 0 aromatic rings. The maximum absolute atomic E-state index is 11.1. The van der Waals surface area contributed by atoms with Gasteiger partial charge >= 0.3 is 5.97 Å². The summed E-state index contributed by atoms with van der Waals surface area (Å²) in [7, 11) is 0. The van der Waals surface area contributed by atoms with Crippen molar-refractivity contribution in [3.05, 3.63) is 24.3 Å². The van der Waals surface area contributed by atoms with Gasteiger partial charge in [0.05, 0.1) is 0 Å². The van der Waals surface area contributed by atoms with Crippen LogP contribution in [0.2, 0.25) is 0 Å². The summed E-state index contributed by atoms with van der Waals surface area (Å²) in [6.45, 7) is 4.68. The van der Waals surface area contributed by atoms with Gasteiger partial charge in [-0.1, -0.05) is 18.2 Å². The minimum Gasteiger partial charge on any atom is -0.480 e. The van der Waals surface area contributed by atoms with Crippen molar-refractivity contribution in [3.63, 3.8) is 0 Å². The predicted octanol–water partition coefficient (Wildman–Crippen LogP) is 1.10. The van der Waals surface area contributed by atoms with Crippen LogP contribution in [0, 0.1) is 0 Å². The Morgan fingerprint density at radius 1 is 1.29 bits per heavy atom. The predicted molar refractivity (Wildman–Crippen MR) is 53.8 cm³/mol. The van der Waals surface area contributed by atoms with Gasteiger partial charge in [-0.25, -0.2) is 4.79 Å². The third-order valence-corrected chi connectivity index (χ3v) is 1.52. The summed E-state index contributed by atoms with van der Waals surface area (Å²) in [4.78, 5) is 21.8. The Hall–Kier alpha value is -1.58. The van der Waals surface area contributed by atoms with E-state index in [1.807, 2.05) is 6.92 Å². The summed E-state index contributed by atoms with van der Waals surface area (Å²) in [6.07, 6.45) is 6.29. The van der Waals surface area contributed by atoms with Gasteiger partial charge in [-0.15, -0.1) is 0 Å². The van der Waals surface area contributed by atoms with Crippen molar-refractivity contribution in [2.45, 2.75) is 26.3 Å². The van der Waals surface area contributed by atoms with Gasteiger partial charge in [0.25, 0.3) is 0 Å². The molecule has 78 valence electrons. The van der Waals surface area contributed by atoms with E-state index >= 15 is 0 Å². The molecule has 0 aromatic carbocycles. The van der Waals surface area contributed by atoms with Gasteiger partial charge in [-0.3, -0.25) is 4.79 Å². The van der Waals surface area contributed by atoms with Crippen LogP contribution in [0.25, 0.3) is 0 Å². The molecule has 0 rings (SSSR count). The first-order valence-electron chi connectivity index (χ1n) is 4.25. The lowest BCUT2D eigenvalue weighted by Gasteiger charge is -2.19. The molecule has 14 heavy (non-hydrogen) atoms. The van der Waals surface area contributed by atoms with Gasteiger partial charge in [0, 0.05) is 6.08 Å². The topological polar surface area (TPSA) is 66.4 Å². The average Bonchev–Trinajstić information content (AvgIpc) is 2.03. The molecule has 4 heteroatoms. The van der Waals surface area contributed by atoms with Gasteiger partial charge in [-0.2, -0.15) is 0 Å². The van der Waals surface area contributed by atoms with Crippen molar-refractivity contribution < 1.29 is 14.7 Å². The molecule has 0 spiro atoms. The van der Waals surface area contributed by atoms with Crippen molar-refractivity contribution in [2.75, 3.05) is 0 Å². The fourth-order valence-electron chi connectivity index (χ4n) is 0.657. The number of carboxylic acids is 1. The van der Waals surface area contributed by atoms with Crippen molar-refractivity contribution in [3.8, 4) is 0 Å². The molecule has 0 atom stereocenters. The smallest absolute Gasteiger partial charge is 0.328 e. The zero-order chi connectivity index (χ0) is 11.2. The third kappa shape index (κ3) is 4.45. The summed E-state index contributed by atoms with van der Waals surface area (Å²) in [5, 5.41) is 11.1. The molecule has 4 nitrogen and oxygen atoms in total. The molecule has 0 heterocycles. The van der Waals surface area contributed by atoms with Gasteiger partial charge < -0.3 is 10.4 Å². The average molecular weight is 197 g/mol. The molecule has 0 radical (unpaired) electrons. The molecule has 0 unspecified atom stereocenters. The monoisotopic (exact) mass is 197 g/mol. The highest BCUT2D eigenvalue weighted by atomic mass is 16.4. The fourth-order valence-corrected chi connectivity index (χ4v) is 0.657. The van der Waals surface area contributed by atoms with Crippen LogP contribution in [0.3, 0.4) is 0 Å². The van der Waals surface area contributed by atoms with Crippen LogP contribution >= 0.6 is 0 Å². The second kappa shape index (κ2) is 5.21. The van der Waals surface area contributed by atoms with E-state index in [2.05, 4.69) is 5.32 Å². The van der Waals surface area contributed by atoms with Crippen molar-refractivity contribution >= 4 is 11.9 Å². The van der Waals surface area contributed by atoms with E-state index in [0.29, 0.717) is 0 Å². The number of carbonyl (C=O) groups is 2. The summed E-state index contributed by atoms with van der Waals surface area (Å²) in [5.41, 5.74) is -1.24. The van der Waals surface area contributed by atoms with Crippen LogP contribution in [0.15, 0.2) is 24.3 Å². The van der Waals surface area contributed by atoms with Crippen LogP contribution in [-0.2, 0) is 9.59 Å². The number of aliphatic carboxylic acids is 1. The Morgan fingerprint density at radius 2 is 1.86 bits per heavy atom. The maximum atomic E-state index is 11.1. The number of carbonyl (C=O) groups excluding carboxylic acids is 1. The van der Waals surface area contributed by atoms with Gasteiger partial charge in [0.2, 0.25) is 5.91 Å². The van der Waals surface area contributed by atoms with E-state index < -0.39 is 17.4 Å². The van der Waals surface area contributed by atoms with Crippen LogP contribution in [0.4, 0.5) is 0 Å². The van der Waals surface area contributed by atoms with E-state index in [1.165, 1.54) is 19.9 Å². The maximum Gasteiger partial charge on any atom is 0.328 e. The number of hydrogen-bond donors (Lipinski definition) is 2. The van der Waals surface area contributed by atoms with Gasteiger partial charge in [0.1, 0.15) is 5.54 Å². The molecule has 0 saturated carbocycles. The van der Waals surface area contributed by atoms with Crippen molar-refractivity contribution in [1.82, 2.24) is 5.32 Å². The van der Waals surface area contributed by atoms with E-state index in [0.717, 1.165) is 0 Å². The minimum atomic E-state index is -1.24. The third-order valence-electron chi connectivity index (χ3n) is 1.52. The Kier molecular flexibility index (Phi) is 4.63. The van der Waals surface area contributed by atoms with E-state index in [4.69, 9.17) is 5.11 Å².